The van der Waals surface area contributed by atoms with Crippen LogP contribution in [0.15, 0.2) is 36.4 Å². The molecule has 0 saturated heterocycles. The summed E-state index contributed by atoms with van der Waals surface area (Å²) in [4.78, 5) is 27.9. The molecule has 0 heterocycles. The number of likely N-dealkylation sites (N-methyl/N-ethyl adjacent to an activating group) is 1. The van der Waals surface area contributed by atoms with E-state index in [0.717, 1.165) is 36.5 Å². The molecule has 2 fully saturated rings. The van der Waals surface area contributed by atoms with E-state index in [0.29, 0.717) is 17.8 Å². The van der Waals surface area contributed by atoms with Crippen LogP contribution in [0, 0.1) is 5.92 Å². The molecular weight excluding hydrogens is 362 g/mol. The molecule has 2 aromatic carbocycles. The zero-order chi connectivity index (χ0) is 20.4. The molecule has 2 saturated carbocycles. The van der Waals surface area contributed by atoms with E-state index in [-0.39, 0.29) is 23.3 Å². The van der Waals surface area contributed by atoms with Crippen LogP contribution in [-0.2, 0) is 4.79 Å². The van der Waals surface area contributed by atoms with Crippen molar-refractivity contribution in [3.8, 4) is 0 Å². The smallest absolute Gasteiger partial charge is 0.253 e. The van der Waals surface area contributed by atoms with Gasteiger partial charge in [0.15, 0.2) is 0 Å². The molecule has 0 atom stereocenters. The minimum atomic E-state index is -0.117. The molecule has 2 N–H and O–H groups in total. The summed E-state index contributed by atoms with van der Waals surface area (Å²) in [5, 5.41) is 8.21. The molecule has 4 rings (SSSR count). The molecular formula is C24H31N3O2. The van der Waals surface area contributed by atoms with E-state index < -0.39 is 0 Å². The lowest BCUT2D eigenvalue weighted by Crippen LogP contribution is -2.53. The Labute approximate surface area is 172 Å². The highest BCUT2D eigenvalue weighted by Gasteiger charge is 2.35. The highest BCUT2D eigenvalue weighted by atomic mass is 16.2. The summed E-state index contributed by atoms with van der Waals surface area (Å²) < 4.78 is 0. The van der Waals surface area contributed by atoms with Crippen molar-refractivity contribution in [1.82, 2.24) is 10.2 Å². The lowest BCUT2D eigenvalue weighted by Gasteiger charge is -2.43. The number of anilines is 1. The molecule has 0 unspecified atom stereocenters. The van der Waals surface area contributed by atoms with Crippen LogP contribution in [0.2, 0.25) is 0 Å². The molecule has 0 bridgehead atoms. The van der Waals surface area contributed by atoms with Gasteiger partial charge in [0.05, 0.1) is 11.3 Å². The van der Waals surface area contributed by atoms with Gasteiger partial charge in [0.25, 0.3) is 5.91 Å². The average Bonchev–Trinajstić information content (AvgIpc) is 3.57. The first-order valence-electron chi connectivity index (χ1n) is 10.8. The third kappa shape index (κ3) is 4.30. The van der Waals surface area contributed by atoms with E-state index in [1.165, 1.54) is 19.3 Å². The summed E-state index contributed by atoms with van der Waals surface area (Å²) in [5.41, 5.74) is 1.17. The number of nitrogens with one attached hydrogen (secondary N) is 2. The number of hydrogen-bond acceptors (Lipinski definition) is 3. The van der Waals surface area contributed by atoms with Crippen LogP contribution in [0.1, 0.15) is 55.3 Å². The lowest BCUT2D eigenvalue weighted by atomic mass is 9.80. The number of fused-ring (bicyclic) bond motifs is 1. The molecule has 5 heteroatoms. The van der Waals surface area contributed by atoms with Gasteiger partial charge in [-0.05, 0) is 62.7 Å². The molecule has 154 valence electrons. The third-order valence-electron chi connectivity index (χ3n) is 6.65. The van der Waals surface area contributed by atoms with Crippen LogP contribution in [0.3, 0.4) is 0 Å². The molecule has 29 heavy (non-hydrogen) atoms. The second-order valence-corrected chi connectivity index (χ2v) is 8.87. The fraction of sp³-hybridized carbons (Fsp3) is 0.500. The minimum absolute atomic E-state index is 0.0161. The van der Waals surface area contributed by atoms with Crippen LogP contribution in [0.25, 0.3) is 10.8 Å². The molecule has 2 amide bonds. The molecule has 0 aliphatic heterocycles. The van der Waals surface area contributed by atoms with Crippen molar-refractivity contribution in [2.24, 2.45) is 5.92 Å². The number of nitrogens with zero attached hydrogens (tertiary/aromatic N) is 1. The van der Waals surface area contributed by atoms with E-state index in [2.05, 4.69) is 29.6 Å². The second-order valence-electron chi connectivity index (χ2n) is 8.87. The Kier molecular flexibility index (Phi) is 5.59. The number of benzene rings is 2. The molecule has 0 spiro atoms. The zero-order valence-electron chi connectivity index (χ0n) is 17.5. The number of carbonyl (C=O) groups is 2. The van der Waals surface area contributed by atoms with E-state index in [4.69, 9.17) is 0 Å². The van der Waals surface area contributed by atoms with Crippen LogP contribution in [0.4, 0.5) is 5.69 Å². The highest BCUT2D eigenvalue weighted by molar-refractivity contribution is 6.08. The normalized spacial score (nSPS) is 18.6. The third-order valence-corrected chi connectivity index (χ3v) is 6.65. The summed E-state index contributed by atoms with van der Waals surface area (Å²) in [7, 11) is 4.21. The maximum atomic E-state index is 13.2. The van der Waals surface area contributed by atoms with Gasteiger partial charge in [-0.2, -0.15) is 0 Å². The van der Waals surface area contributed by atoms with Gasteiger partial charge in [-0.3, -0.25) is 9.59 Å². The Morgan fingerprint density at radius 1 is 1.03 bits per heavy atom. The van der Waals surface area contributed by atoms with E-state index in [1.807, 2.05) is 36.4 Å². The summed E-state index contributed by atoms with van der Waals surface area (Å²) in [6.45, 7) is 0.627. The molecule has 0 aromatic heterocycles. The van der Waals surface area contributed by atoms with Gasteiger partial charge in [0.1, 0.15) is 0 Å². The molecule has 2 aliphatic carbocycles. The van der Waals surface area contributed by atoms with Gasteiger partial charge >= 0.3 is 0 Å². The molecule has 0 radical (unpaired) electrons. The van der Waals surface area contributed by atoms with Gasteiger partial charge in [0.2, 0.25) is 5.91 Å². The van der Waals surface area contributed by atoms with Crippen molar-refractivity contribution in [2.75, 3.05) is 26.0 Å². The summed E-state index contributed by atoms with van der Waals surface area (Å²) >= 11 is 0. The second kappa shape index (κ2) is 8.15. The van der Waals surface area contributed by atoms with Crippen LogP contribution in [-0.4, -0.2) is 42.9 Å². The maximum absolute atomic E-state index is 13.2. The fourth-order valence-corrected chi connectivity index (χ4v) is 4.44. The Hall–Kier alpha value is -2.40. The van der Waals surface area contributed by atoms with Crippen molar-refractivity contribution in [3.63, 3.8) is 0 Å². The first-order valence-corrected chi connectivity index (χ1v) is 10.8. The minimum Gasteiger partial charge on any atom is -0.350 e. The van der Waals surface area contributed by atoms with Gasteiger partial charge in [-0.1, -0.05) is 43.5 Å². The van der Waals surface area contributed by atoms with E-state index >= 15 is 0 Å². The van der Waals surface area contributed by atoms with Crippen molar-refractivity contribution < 1.29 is 9.59 Å². The predicted molar refractivity (Wildman–Crippen MR) is 117 cm³/mol. The van der Waals surface area contributed by atoms with Gasteiger partial charge < -0.3 is 15.5 Å². The molecule has 2 aromatic rings. The summed E-state index contributed by atoms with van der Waals surface area (Å²) in [5.74, 6) is -0.00310. The van der Waals surface area contributed by atoms with E-state index in [9.17, 15) is 9.59 Å². The Morgan fingerprint density at radius 2 is 1.69 bits per heavy atom. The van der Waals surface area contributed by atoms with Crippen LogP contribution < -0.4 is 10.6 Å². The monoisotopic (exact) mass is 393 g/mol. The molecule has 5 nitrogen and oxygen atoms in total. The van der Waals surface area contributed by atoms with Crippen molar-refractivity contribution >= 4 is 28.3 Å². The van der Waals surface area contributed by atoms with Gasteiger partial charge in [-0.25, -0.2) is 0 Å². The molecule has 2 aliphatic rings. The van der Waals surface area contributed by atoms with Crippen molar-refractivity contribution in [2.45, 2.75) is 50.5 Å². The predicted octanol–water partition coefficient (Wildman–Crippen LogP) is 4.18. The summed E-state index contributed by atoms with van der Waals surface area (Å²) in [6.07, 6.45) is 7.75. The fourth-order valence-electron chi connectivity index (χ4n) is 4.44. The average molecular weight is 394 g/mol. The summed E-state index contributed by atoms with van der Waals surface area (Å²) in [6, 6.07) is 11.8. The maximum Gasteiger partial charge on any atom is 0.253 e. The SMILES string of the molecule is CN(C)C1(CNC(=O)c2cc3ccccc3cc2NC(=O)C2CC2)CCCCC1. The van der Waals surface area contributed by atoms with Crippen molar-refractivity contribution in [3.05, 3.63) is 42.0 Å². The quantitative estimate of drug-likeness (QED) is 0.774. The highest BCUT2D eigenvalue weighted by Crippen LogP contribution is 2.33. The van der Waals surface area contributed by atoms with Gasteiger partial charge in [-0.15, -0.1) is 0 Å². The first-order chi connectivity index (χ1) is 14.0. The standard InChI is InChI=1S/C24H31N3O2/c1-27(2)24(12-6-3-7-13-24)16-25-23(29)20-14-18-8-4-5-9-19(18)15-21(20)26-22(28)17-10-11-17/h4-5,8-9,14-15,17H,3,6-7,10-13,16H2,1-2H3,(H,25,29)(H,26,28). The largest absolute Gasteiger partial charge is 0.350 e. The zero-order valence-corrected chi connectivity index (χ0v) is 17.5. The number of carbonyl (C=O) groups excluding carboxylic acids is 2. The lowest BCUT2D eigenvalue weighted by molar-refractivity contribution is -0.117. The Balaban J connectivity index is 1.58. The first kappa shape index (κ1) is 19.9. The van der Waals surface area contributed by atoms with Crippen LogP contribution in [0.5, 0.6) is 0 Å². The van der Waals surface area contributed by atoms with Gasteiger partial charge in [0, 0.05) is 18.0 Å². The Bertz CT molecular complexity index is 911. The topological polar surface area (TPSA) is 61.4 Å². The van der Waals surface area contributed by atoms with E-state index in [1.54, 1.807) is 0 Å². The van der Waals surface area contributed by atoms with Crippen molar-refractivity contribution in [1.29, 1.82) is 0 Å². The number of rotatable bonds is 6. The van der Waals surface area contributed by atoms with Crippen LogP contribution >= 0.6 is 0 Å². The Morgan fingerprint density at radius 3 is 2.31 bits per heavy atom. The number of amides is 2. The number of hydrogen-bond donors (Lipinski definition) is 2.